The Morgan fingerprint density at radius 3 is 2.25 bits per heavy atom. The summed E-state index contributed by atoms with van der Waals surface area (Å²) in [6, 6.07) is 5.85. The van der Waals surface area contributed by atoms with Gasteiger partial charge in [-0.05, 0) is 81.6 Å². The Labute approximate surface area is 209 Å². The van der Waals surface area contributed by atoms with Crippen molar-refractivity contribution < 1.29 is 36.6 Å². The zero-order valence-corrected chi connectivity index (χ0v) is 20.6. The van der Waals surface area contributed by atoms with Gasteiger partial charge in [-0.2, -0.15) is 4.39 Å². The molecular weight excluding hydrogens is 476 g/mol. The summed E-state index contributed by atoms with van der Waals surface area (Å²) >= 11 is 0. The Morgan fingerprint density at radius 1 is 0.917 bits per heavy atom. The zero-order valence-electron chi connectivity index (χ0n) is 20.6. The van der Waals surface area contributed by atoms with Crippen molar-refractivity contribution in [1.82, 2.24) is 0 Å². The van der Waals surface area contributed by atoms with Gasteiger partial charge >= 0.3 is 5.97 Å². The second kappa shape index (κ2) is 11.6. The van der Waals surface area contributed by atoms with E-state index in [2.05, 4.69) is 0 Å². The number of allylic oxidation sites excluding steroid dienone is 4. The first-order valence-electron chi connectivity index (χ1n) is 12.6. The van der Waals surface area contributed by atoms with E-state index < -0.39 is 47.2 Å². The maximum atomic E-state index is 14.9. The van der Waals surface area contributed by atoms with Crippen molar-refractivity contribution in [2.75, 3.05) is 13.7 Å². The van der Waals surface area contributed by atoms with Crippen LogP contribution in [0.2, 0.25) is 0 Å². The van der Waals surface area contributed by atoms with Crippen molar-refractivity contribution in [3.05, 3.63) is 70.5 Å². The van der Waals surface area contributed by atoms with Crippen LogP contribution in [-0.4, -0.2) is 31.9 Å². The van der Waals surface area contributed by atoms with Crippen LogP contribution in [0.3, 0.4) is 0 Å². The molecule has 1 saturated carbocycles. The van der Waals surface area contributed by atoms with Crippen LogP contribution in [0, 0.1) is 11.8 Å². The van der Waals surface area contributed by atoms with Crippen molar-refractivity contribution in [2.45, 2.75) is 70.0 Å². The Balaban J connectivity index is 1.38. The van der Waals surface area contributed by atoms with Gasteiger partial charge in [-0.25, -0.2) is 18.0 Å². The predicted molar refractivity (Wildman–Crippen MR) is 127 cm³/mol. The van der Waals surface area contributed by atoms with E-state index in [1.54, 1.807) is 14.0 Å². The SMILES string of the molecule is CCOC1=CCC(c2ccc(C(=O)OC3CCC(C4CCC(OC)CC4)C(F)=C3F)cc2)C(F)=C1F. The van der Waals surface area contributed by atoms with Crippen LogP contribution >= 0.6 is 0 Å². The highest BCUT2D eigenvalue weighted by molar-refractivity contribution is 5.89. The van der Waals surface area contributed by atoms with Gasteiger partial charge in [-0.1, -0.05) is 12.1 Å². The van der Waals surface area contributed by atoms with Crippen LogP contribution < -0.4 is 0 Å². The predicted octanol–water partition coefficient (Wildman–Crippen LogP) is 7.54. The number of carbonyl (C=O) groups excluding carboxylic acids is 1. The largest absolute Gasteiger partial charge is 0.491 e. The minimum Gasteiger partial charge on any atom is -0.491 e. The number of esters is 1. The van der Waals surface area contributed by atoms with Gasteiger partial charge in [0.05, 0.1) is 18.3 Å². The van der Waals surface area contributed by atoms with Crippen LogP contribution in [0.25, 0.3) is 0 Å². The summed E-state index contributed by atoms with van der Waals surface area (Å²) in [4.78, 5) is 12.6. The molecule has 0 amide bonds. The quantitative estimate of drug-likeness (QED) is 0.282. The molecule has 0 radical (unpaired) electrons. The first-order valence-corrected chi connectivity index (χ1v) is 12.6. The van der Waals surface area contributed by atoms with Gasteiger partial charge < -0.3 is 14.2 Å². The molecule has 0 aromatic heterocycles. The van der Waals surface area contributed by atoms with Crippen LogP contribution in [0.15, 0.2) is 59.4 Å². The third kappa shape index (κ3) is 5.53. The van der Waals surface area contributed by atoms with E-state index in [-0.39, 0.29) is 42.8 Å². The lowest BCUT2D eigenvalue weighted by Crippen LogP contribution is -2.31. The van der Waals surface area contributed by atoms with Crippen LogP contribution in [-0.2, 0) is 14.2 Å². The van der Waals surface area contributed by atoms with E-state index in [1.807, 2.05) is 0 Å². The highest BCUT2D eigenvalue weighted by Crippen LogP contribution is 2.44. The summed E-state index contributed by atoms with van der Waals surface area (Å²) in [5, 5.41) is 0. The number of hydrogen-bond donors (Lipinski definition) is 0. The molecule has 0 saturated heterocycles. The normalized spacial score (nSPS) is 29.2. The number of rotatable bonds is 7. The maximum absolute atomic E-state index is 14.9. The van der Waals surface area contributed by atoms with E-state index in [1.165, 1.54) is 30.3 Å². The molecule has 8 heteroatoms. The van der Waals surface area contributed by atoms with Gasteiger partial charge in [0.1, 0.15) is 11.7 Å². The molecule has 0 spiro atoms. The van der Waals surface area contributed by atoms with Crippen molar-refractivity contribution in [2.24, 2.45) is 11.8 Å². The lowest BCUT2D eigenvalue weighted by Gasteiger charge is -2.35. The summed E-state index contributed by atoms with van der Waals surface area (Å²) < 4.78 is 74.3. The highest BCUT2D eigenvalue weighted by atomic mass is 19.2. The molecule has 3 aliphatic rings. The molecule has 1 aromatic carbocycles. The summed E-state index contributed by atoms with van der Waals surface area (Å²) in [5.41, 5.74) is 0.602. The summed E-state index contributed by atoms with van der Waals surface area (Å²) in [6.07, 6.45) is 4.47. The molecule has 3 unspecified atom stereocenters. The second-order valence-corrected chi connectivity index (χ2v) is 9.62. The van der Waals surface area contributed by atoms with Crippen LogP contribution in [0.4, 0.5) is 17.6 Å². The average molecular weight is 509 g/mol. The minimum absolute atomic E-state index is 0.0601. The third-order valence-electron chi connectivity index (χ3n) is 7.57. The topological polar surface area (TPSA) is 44.8 Å². The van der Waals surface area contributed by atoms with E-state index in [9.17, 15) is 22.4 Å². The lowest BCUT2D eigenvalue weighted by molar-refractivity contribution is 0.0187. The highest BCUT2D eigenvalue weighted by Gasteiger charge is 2.39. The maximum Gasteiger partial charge on any atom is 0.338 e. The molecule has 3 aliphatic carbocycles. The number of ether oxygens (including phenoxy) is 3. The zero-order chi connectivity index (χ0) is 25.8. The van der Waals surface area contributed by atoms with E-state index >= 15 is 0 Å². The molecule has 4 rings (SSSR count). The van der Waals surface area contributed by atoms with E-state index in [0.717, 1.165) is 25.7 Å². The lowest BCUT2D eigenvalue weighted by atomic mass is 9.74. The standard InChI is InChI=1S/C28H32F4O4/c1-3-35-22-14-12-20(24(29)26(22)31)16-4-6-18(7-5-16)28(33)36-23-15-13-21(25(30)27(23)32)17-8-10-19(34-2)11-9-17/h4-7,14,17,19-21,23H,3,8-13,15H2,1-2H3. The Hall–Kier alpha value is -2.61. The van der Waals surface area contributed by atoms with Crippen molar-refractivity contribution in [1.29, 1.82) is 0 Å². The molecule has 3 atom stereocenters. The van der Waals surface area contributed by atoms with Crippen LogP contribution in [0.1, 0.15) is 73.7 Å². The van der Waals surface area contributed by atoms with Gasteiger partial charge in [-0.15, -0.1) is 0 Å². The molecule has 0 N–H and O–H groups in total. The number of carbonyl (C=O) groups is 1. The molecule has 1 aromatic rings. The van der Waals surface area contributed by atoms with E-state index in [0.29, 0.717) is 12.0 Å². The number of hydrogen-bond acceptors (Lipinski definition) is 4. The van der Waals surface area contributed by atoms with Gasteiger partial charge in [0.15, 0.2) is 23.5 Å². The van der Waals surface area contributed by atoms with Gasteiger partial charge in [0.25, 0.3) is 0 Å². The number of methoxy groups -OCH3 is 1. The first kappa shape index (κ1) is 26.5. The molecule has 4 nitrogen and oxygen atoms in total. The Kier molecular flexibility index (Phi) is 8.54. The van der Waals surface area contributed by atoms with Gasteiger partial charge in [0.2, 0.25) is 0 Å². The van der Waals surface area contributed by atoms with Crippen molar-refractivity contribution in [3.63, 3.8) is 0 Å². The molecule has 1 fully saturated rings. The molecule has 196 valence electrons. The number of benzene rings is 1. The number of halogens is 4. The first-order chi connectivity index (χ1) is 17.3. The van der Waals surface area contributed by atoms with Gasteiger partial charge in [0, 0.05) is 18.9 Å². The fraction of sp³-hybridized carbons (Fsp3) is 0.536. The molecule has 0 heterocycles. The fourth-order valence-electron chi connectivity index (χ4n) is 5.49. The second-order valence-electron chi connectivity index (χ2n) is 9.62. The van der Waals surface area contributed by atoms with Gasteiger partial charge in [-0.3, -0.25) is 0 Å². The monoisotopic (exact) mass is 508 g/mol. The smallest absolute Gasteiger partial charge is 0.338 e. The molecular formula is C28H32F4O4. The van der Waals surface area contributed by atoms with Crippen molar-refractivity contribution >= 4 is 5.97 Å². The fourth-order valence-corrected chi connectivity index (χ4v) is 5.49. The van der Waals surface area contributed by atoms with Crippen molar-refractivity contribution in [3.8, 4) is 0 Å². The molecule has 0 bridgehead atoms. The summed E-state index contributed by atoms with van der Waals surface area (Å²) in [6.45, 7) is 1.91. The minimum atomic E-state index is -1.27. The summed E-state index contributed by atoms with van der Waals surface area (Å²) in [7, 11) is 1.67. The Bertz CT molecular complexity index is 1040. The average Bonchev–Trinajstić information content (AvgIpc) is 2.90. The van der Waals surface area contributed by atoms with Crippen LogP contribution in [0.5, 0.6) is 0 Å². The Morgan fingerprint density at radius 2 is 1.61 bits per heavy atom. The summed E-state index contributed by atoms with van der Waals surface area (Å²) in [5.74, 6) is -5.93. The third-order valence-corrected chi connectivity index (χ3v) is 7.57. The molecule has 36 heavy (non-hydrogen) atoms. The van der Waals surface area contributed by atoms with E-state index in [4.69, 9.17) is 14.2 Å². The molecule has 0 aliphatic heterocycles.